The fourth-order valence-corrected chi connectivity index (χ4v) is 6.41. The van der Waals surface area contributed by atoms with Crippen molar-refractivity contribution in [3.05, 3.63) is 59.7 Å². The molecular formula is C24H25N3O2. The molecule has 5 nitrogen and oxygen atoms in total. The number of benzene rings is 2. The summed E-state index contributed by atoms with van der Waals surface area (Å²) in [5, 5.41) is 0. The van der Waals surface area contributed by atoms with Crippen molar-refractivity contribution in [2.24, 2.45) is 5.92 Å². The van der Waals surface area contributed by atoms with E-state index in [1.54, 1.807) is 4.90 Å². The van der Waals surface area contributed by atoms with Crippen LogP contribution >= 0.6 is 0 Å². The Bertz CT molecular complexity index is 1030. The highest BCUT2D eigenvalue weighted by molar-refractivity contribution is 6.12. The molecule has 2 aromatic rings. The summed E-state index contributed by atoms with van der Waals surface area (Å²) >= 11 is 0. The lowest BCUT2D eigenvalue weighted by molar-refractivity contribution is -0.137. The predicted octanol–water partition coefficient (Wildman–Crippen LogP) is 2.93. The van der Waals surface area contributed by atoms with Crippen LogP contribution in [0.4, 0.5) is 11.4 Å². The fourth-order valence-electron chi connectivity index (χ4n) is 6.41. The van der Waals surface area contributed by atoms with Gasteiger partial charge in [-0.2, -0.15) is 0 Å². The molecule has 2 amide bonds. The number of carbonyl (C=O) groups is 2. The van der Waals surface area contributed by atoms with Crippen LogP contribution in [0.15, 0.2) is 48.5 Å². The first-order valence-electron chi connectivity index (χ1n) is 10.7. The molecule has 29 heavy (non-hydrogen) atoms. The largest absolute Gasteiger partial charge is 0.313 e. The summed E-state index contributed by atoms with van der Waals surface area (Å²) in [6.07, 6.45) is 3.82. The Morgan fingerprint density at radius 2 is 1.79 bits per heavy atom. The molecule has 2 saturated heterocycles. The minimum Gasteiger partial charge on any atom is -0.313 e. The molecule has 0 radical (unpaired) electrons. The number of amides is 2. The van der Waals surface area contributed by atoms with Crippen molar-refractivity contribution in [2.75, 3.05) is 29.9 Å². The number of hydrogen-bond acceptors (Lipinski definition) is 3. The zero-order chi connectivity index (χ0) is 19.8. The maximum atomic E-state index is 14.0. The van der Waals surface area contributed by atoms with Gasteiger partial charge in [-0.15, -0.1) is 0 Å². The van der Waals surface area contributed by atoms with Crippen molar-refractivity contribution in [3.63, 3.8) is 0 Å². The Kier molecular flexibility index (Phi) is 3.52. The molecule has 3 unspecified atom stereocenters. The van der Waals surface area contributed by atoms with Gasteiger partial charge < -0.3 is 9.80 Å². The van der Waals surface area contributed by atoms with Gasteiger partial charge in [-0.05, 0) is 49.9 Å². The second-order valence-electron chi connectivity index (χ2n) is 8.79. The summed E-state index contributed by atoms with van der Waals surface area (Å²) in [5.74, 6) is -0.158. The molecule has 1 spiro atoms. The minimum atomic E-state index is -0.846. The number of nitrogens with zero attached hydrogens (tertiary/aromatic N) is 3. The van der Waals surface area contributed by atoms with Gasteiger partial charge in [-0.3, -0.25) is 14.5 Å². The summed E-state index contributed by atoms with van der Waals surface area (Å²) in [4.78, 5) is 33.9. The van der Waals surface area contributed by atoms with Gasteiger partial charge in [0.05, 0.1) is 5.92 Å². The van der Waals surface area contributed by atoms with E-state index in [0.29, 0.717) is 12.6 Å². The van der Waals surface area contributed by atoms with Crippen LogP contribution in [-0.4, -0.2) is 42.9 Å². The molecule has 3 atom stereocenters. The third kappa shape index (κ3) is 2.04. The van der Waals surface area contributed by atoms with Gasteiger partial charge in [0, 0.05) is 36.6 Å². The Morgan fingerprint density at radius 1 is 1.03 bits per heavy atom. The van der Waals surface area contributed by atoms with Crippen LogP contribution in [0.1, 0.15) is 30.4 Å². The van der Waals surface area contributed by atoms with Crippen molar-refractivity contribution in [3.8, 4) is 0 Å². The highest BCUT2D eigenvalue weighted by Crippen LogP contribution is 2.57. The topological polar surface area (TPSA) is 43.9 Å². The van der Waals surface area contributed by atoms with Gasteiger partial charge in [-0.25, -0.2) is 0 Å². The van der Waals surface area contributed by atoms with Crippen molar-refractivity contribution in [2.45, 2.75) is 37.3 Å². The first-order valence-corrected chi connectivity index (χ1v) is 10.7. The van der Waals surface area contributed by atoms with Gasteiger partial charge >= 0.3 is 0 Å². The van der Waals surface area contributed by atoms with E-state index >= 15 is 0 Å². The van der Waals surface area contributed by atoms with Crippen molar-refractivity contribution < 1.29 is 9.59 Å². The molecule has 0 N–H and O–H groups in total. The zero-order valence-corrected chi connectivity index (χ0v) is 16.7. The second kappa shape index (κ2) is 5.92. The molecule has 2 aromatic carbocycles. The highest BCUT2D eigenvalue weighted by atomic mass is 16.2. The summed E-state index contributed by atoms with van der Waals surface area (Å²) in [6, 6.07) is 16.5. The van der Waals surface area contributed by atoms with E-state index in [-0.39, 0.29) is 17.7 Å². The van der Waals surface area contributed by atoms with Gasteiger partial charge in [0.2, 0.25) is 5.91 Å². The van der Waals surface area contributed by atoms with Crippen LogP contribution in [-0.2, 0) is 21.5 Å². The average molecular weight is 387 g/mol. The van der Waals surface area contributed by atoms with Gasteiger partial charge in [-0.1, -0.05) is 36.4 Å². The molecule has 4 aliphatic heterocycles. The Labute approximate surface area is 170 Å². The van der Waals surface area contributed by atoms with Gasteiger partial charge in [0.25, 0.3) is 5.91 Å². The highest BCUT2D eigenvalue weighted by Gasteiger charge is 2.67. The molecular weight excluding hydrogens is 362 g/mol. The van der Waals surface area contributed by atoms with E-state index in [2.05, 4.69) is 17.0 Å². The van der Waals surface area contributed by atoms with E-state index in [4.69, 9.17) is 0 Å². The minimum absolute atomic E-state index is 0.0638. The Balaban J connectivity index is 1.50. The van der Waals surface area contributed by atoms with Crippen LogP contribution in [0.25, 0.3) is 0 Å². The van der Waals surface area contributed by atoms with Crippen molar-refractivity contribution in [1.29, 1.82) is 0 Å². The first-order chi connectivity index (χ1) is 14.1. The molecule has 0 aromatic heterocycles. The van der Waals surface area contributed by atoms with E-state index in [1.165, 1.54) is 5.56 Å². The predicted molar refractivity (Wildman–Crippen MR) is 112 cm³/mol. The number of hydrogen-bond donors (Lipinski definition) is 0. The lowest BCUT2D eigenvalue weighted by atomic mass is 9.78. The molecule has 2 fully saturated rings. The molecule has 6 rings (SSSR count). The van der Waals surface area contributed by atoms with Crippen LogP contribution < -0.4 is 9.80 Å². The summed E-state index contributed by atoms with van der Waals surface area (Å²) in [6.45, 7) is 1.60. The number of likely N-dealkylation sites (N-methyl/N-ethyl adjacent to an activating group) is 1. The molecule has 5 heteroatoms. The normalized spacial score (nSPS) is 30.2. The monoisotopic (exact) mass is 387 g/mol. The summed E-state index contributed by atoms with van der Waals surface area (Å²) in [5.41, 5.74) is 3.36. The number of rotatable bonds is 1. The maximum absolute atomic E-state index is 14.0. The molecule has 148 valence electrons. The van der Waals surface area contributed by atoms with E-state index < -0.39 is 5.54 Å². The van der Waals surface area contributed by atoms with Crippen LogP contribution in [0.2, 0.25) is 0 Å². The molecule has 4 aliphatic rings. The summed E-state index contributed by atoms with van der Waals surface area (Å²) < 4.78 is 0. The van der Waals surface area contributed by atoms with Crippen LogP contribution in [0.5, 0.6) is 0 Å². The molecule has 0 saturated carbocycles. The van der Waals surface area contributed by atoms with Crippen molar-refractivity contribution in [1.82, 2.24) is 4.90 Å². The van der Waals surface area contributed by atoms with Crippen LogP contribution in [0.3, 0.4) is 0 Å². The van der Waals surface area contributed by atoms with E-state index in [0.717, 1.165) is 49.2 Å². The van der Waals surface area contributed by atoms with Crippen molar-refractivity contribution >= 4 is 23.2 Å². The number of fused-ring (bicyclic) bond motifs is 5. The SMILES string of the molecule is CN1C(=O)C2(c3ccccc31)C(C(=O)N1CCc3ccccc31)CC1CCCN12. The number of carbonyl (C=O) groups excluding carboxylic acids is 2. The lowest BCUT2D eigenvalue weighted by Crippen LogP contribution is -2.56. The smallest absolute Gasteiger partial charge is 0.252 e. The number of para-hydroxylation sites is 2. The lowest BCUT2D eigenvalue weighted by Gasteiger charge is -2.38. The molecule has 0 bridgehead atoms. The third-order valence-electron chi connectivity index (χ3n) is 7.60. The third-order valence-corrected chi connectivity index (χ3v) is 7.60. The van der Waals surface area contributed by atoms with E-state index in [9.17, 15) is 9.59 Å². The average Bonchev–Trinajstić information content (AvgIpc) is 3.49. The van der Waals surface area contributed by atoms with E-state index in [1.807, 2.05) is 48.3 Å². The second-order valence-corrected chi connectivity index (χ2v) is 8.79. The Hall–Kier alpha value is -2.66. The van der Waals surface area contributed by atoms with Gasteiger partial charge in [0.15, 0.2) is 0 Å². The standard InChI is InChI=1S/C24H25N3O2/c1-25-21-11-5-3-9-18(21)24(23(25)29)19(15-17-8-6-13-27(17)24)22(28)26-14-12-16-7-2-4-10-20(16)26/h2-5,7,9-11,17,19H,6,8,12-15H2,1H3. The summed E-state index contributed by atoms with van der Waals surface area (Å²) in [7, 11) is 1.85. The fraction of sp³-hybridized carbons (Fsp3) is 0.417. The first kappa shape index (κ1) is 17.2. The maximum Gasteiger partial charge on any atom is 0.252 e. The number of anilines is 2. The zero-order valence-electron chi connectivity index (χ0n) is 16.7. The molecule has 4 heterocycles. The molecule has 0 aliphatic carbocycles. The van der Waals surface area contributed by atoms with Gasteiger partial charge in [0.1, 0.15) is 5.54 Å². The Morgan fingerprint density at radius 3 is 2.66 bits per heavy atom. The van der Waals surface area contributed by atoms with Crippen LogP contribution in [0, 0.1) is 5.92 Å². The quantitative estimate of drug-likeness (QED) is 0.756.